The molecule has 7 heteroatoms. The van der Waals surface area contributed by atoms with E-state index in [9.17, 15) is 9.18 Å². The van der Waals surface area contributed by atoms with Crippen LogP contribution in [0.4, 0.5) is 4.39 Å². The van der Waals surface area contributed by atoms with E-state index in [0.717, 1.165) is 0 Å². The van der Waals surface area contributed by atoms with Crippen molar-refractivity contribution in [3.63, 3.8) is 0 Å². The van der Waals surface area contributed by atoms with E-state index in [1.165, 1.54) is 31.0 Å². The first kappa shape index (κ1) is 18.0. The van der Waals surface area contributed by atoms with Gasteiger partial charge in [-0.3, -0.25) is 9.36 Å². The fraction of sp³-hybridized carbons (Fsp3) is 0.158. The third-order valence-electron chi connectivity index (χ3n) is 3.73. The quantitative estimate of drug-likeness (QED) is 0.463. The number of carbonyl (C=O) groups excluding carboxylic acids is 1. The number of aromatic nitrogens is 2. The second-order valence-electron chi connectivity index (χ2n) is 5.34. The lowest BCUT2D eigenvalue weighted by atomic mass is 10.1. The lowest BCUT2D eigenvalue weighted by Crippen LogP contribution is -2.06. The number of imidazole rings is 1. The van der Waals surface area contributed by atoms with Gasteiger partial charge in [0.2, 0.25) is 0 Å². The fourth-order valence-corrected chi connectivity index (χ4v) is 3.32. The minimum atomic E-state index is -0.329. The van der Waals surface area contributed by atoms with E-state index in [1.807, 2.05) is 0 Å². The molecule has 1 heterocycles. The summed E-state index contributed by atoms with van der Waals surface area (Å²) in [7, 11) is 3.06. The normalized spacial score (nSPS) is 10.6. The molecule has 1 aromatic heterocycles. The van der Waals surface area contributed by atoms with Crippen LogP contribution in [0.1, 0.15) is 10.4 Å². The molecule has 0 spiro atoms. The number of hydrogen-bond acceptors (Lipinski definition) is 5. The molecule has 134 valence electrons. The first-order valence-corrected chi connectivity index (χ1v) is 8.78. The van der Waals surface area contributed by atoms with Gasteiger partial charge in [0.05, 0.1) is 31.2 Å². The number of carbonyl (C=O) groups is 1. The maximum Gasteiger partial charge on any atom is 0.177 e. The van der Waals surface area contributed by atoms with Crippen LogP contribution in [0.15, 0.2) is 60.0 Å². The molecule has 0 aliphatic heterocycles. The summed E-state index contributed by atoms with van der Waals surface area (Å²) < 4.78 is 25.6. The first-order valence-electron chi connectivity index (χ1n) is 7.79. The standard InChI is InChI=1S/C19H17FN2O3S/c1-24-15-6-7-18(25-2)16(11-15)17(23)12-26-19-21-8-9-22(19)14-5-3-4-13(20)10-14/h3-11H,12H2,1-2H3. The van der Waals surface area contributed by atoms with Crippen LogP contribution < -0.4 is 9.47 Å². The Labute approximate surface area is 154 Å². The summed E-state index contributed by atoms with van der Waals surface area (Å²) in [4.78, 5) is 16.9. The minimum absolute atomic E-state index is 0.112. The van der Waals surface area contributed by atoms with Crippen LogP contribution in [0.25, 0.3) is 5.69 Å². The average molecular weight is 372 g/mol. The van der Waals surface area contributed by atoms with Crippen LogP contribution in [-0.4, -0.2) is 35.3 Å². The lowest BCUT2D eigenvalue weighted by Gasteiger charge is -2.10. The summed E-state index contributed by atoms with van der Waals surface area (Å²) >= 11 is 1.27. The predicted octanol–water partition coefficient (Wildman–Crippen LogP) is 4.00. The average Bonchev–Trinajstić information content (AvgIpc) is 3.14. The molecule has 26 heavy (non-hydrogen) atoms. The maximum absolute atomic E-state index is 13.5. The molecule has 0 amide bonds. The van der Waals surface area contributed by atoms with Crippen molar-refractivity contribution in [2.75, 3.05) is 20.0 Å². The Kier molecular flexibility index (Phi) is 5.58. The van der Waals surface area contributed by atoms with Crippen molar-refractivity contribution in [2.45, 2.75) is 5.16 Å². The summed E-state index contributed by atoms with van der Waals surface area (Å²) in [6, 6.07) is 11.3. The van der Waals surface area contributed by atoms with Crippen molar-refractivity contribution < 1.29 is 18.7 Å². The van der Waals surface area contributed by atoms with Crippen LogP contribution >= 0.6 is 11.8 Å². The van der Waals surface area contributed by atoms with E-state index < -0.39 is 0 Å². The van der Waals surface area contributed by atoms with Crippen LogP contribution in [0.2, 0.25) is 0 Å². The van der Waals surface area contributed by atoms with Crippen molar-refractivity contribution in [1.29, 1.82) is 0 Å². The SMILES string of the molecule is COc1ccc(OC)c(C(=O)CSc2nccn2-c2cccc(F)c2)c1. The topological polar surface area (TPSA) is 53.4 Å². The fourth-order valence-electron chi connectivity index (χ4n) is 2.46. The molecule has 0 saturated carbocycles. The third-order valence-corrected chi connectivity index (χ3v) is 4.70. The maximum atomic E-state index is 13.5. The predicted molar refractivity (Wildman–Crippen MR) is 98.1 cm³/mol. The van der Waals surface area contributed by atoms with Gasteiger partial charge in [0.25, 0.3) is 0 Å². The highest BCUT2D eigenvalue weighted by Crippen LogP contribution is 2.27. The van der Waals surface area contributed by atoms with Crippen LogP contribution in [0, 0.1) is 5.82 Å². The molecular weight excluding hydrogens is 355 g/mol. The highest BCUT2D eigenvalue weighted by Gasteiger charge is 2.16. The van der Waals surface area contributed by atoms with Crippen LogP contribution in [0.5, 0.6) is 11.5 Å². The third kappa shape index (κ3) is 3.88. The second kappa shape index (κ2) is 8.05. The number of nitrogens with zero attached hydrogens (tertiary/aromatic N) is 2. The summed E-state index contributed by atoms with van der Waals surface area (Å²) in [6.45, 7) is 0. The van der Waals surface area contributed by atoms with Gasteiger partial charge in [-0.15, -0.1) is 0 Å². The molecule has 0 radical (unpaired) electrons. The van der Waals surface area contributed by atoms with Crippen molar-refractivity contribution in [1.82, 2.24) is 9.55 Å². The van der Waals surface area contributed by atoms with E-state index in [-0.39, 0.29) is 17.4 Å². The molecule has 0 bridgehead atoms. The van der Waals surface area contributed by atoms with E-state index in [0.29, 0.717) is 27.9 Å². The molecule has 0 fully saturated rings. The Bertz CT molecular complexity index is 927. The molecule has 0 atom stereocenters. The van der Waals surface area contributed by atoms with Crippen molar-refractivity contribution in [2.24, 2.45) is 0 Å². The highest BCUT2D eigenvalue weighted by molar-refractivity contribution is 7.99. The Balaban J connectivity index is 1.78. The van der Waals surface area contributed by atoms with Gasteiger partial charge in [0.1, 0.15) is 17.3 Å². The van der Waals surface area contributed by atoms with E-state index in [2.05, 4.69) is 4.98 Å². The Hall–Kier alpha value is -2.80. The monoisotopic (exact) mass is 372 g/mol. The molecule has 2 aromatic carbocycles. The number of methoxy groups -OCH3 is 2. The number of hydrogen-bond donors (Lipinski definition) is 0. The van der Waals surface area contributed by atoms with Crippen LogP contribution in [0.3, 0.4) is 0 Å². The summed E-state index contributed by atoms with van der Waals surface area (Å²) in [5, 5.41) is 0.603. The number of ether oxygens (including phenoxy) is 2. The van der Waals surface area contributed by atoms with Crippen LogP contribution in [-0.2, 0) is 0 Å². The van der Waals surface area contributed by atoms with Gasteiger partial charge >= 0.3 is 0 Å². The zero-order valence-electron chi connectivity index (χ0n) is 14.3. The Morgan fingerprint density at radius 2 is 2.04 bits per heavy atom. The van der Waals surface area contributed by atoms with Crippen molar-refractivity contribution >= 4 is 17.5 Å². The highest BCUT2D eigenvalue weighted by atomic mass is 32.2. The number of rotatable bonds is 7. The summed E-state index contributed by atoms with van der Waals surface area (Å²) in [5.41, 5.74) is 1.10. The molecule has 0 aliphatic carbocycles. The zero-order valence-corrected chi connectivity index (χ0v) is 15.1. The zero-order chi connectivity index (χ0) is 18.5. The van der Waals surface area contributed by atoms with E-state index >= 15 is 0 Å². The van der Waals surface area contributed by atoms with E-state index in [4.69, 9.17) is 9.47 Å². The molecule has 0 unspecified atom stereocenters. The Morgan fingerprint density at radius 3 is 2.77 bits per heavy atom. The number of halogens is 1. The molecule has 0 aliphatic rings. The van der Waals surface area contributed by atoms with Gasteiger partial charge in [-0.1, -0.05) is 17.8 Å². The molecule has 5 nitrogen and oxygen atoms in total. The van der Waals surface area contributed by atoms with Gasteiger partial charge in [-0.2, -0.15) is 0 Å². The second-order valence-corrected chi connectivity index (χ2v) is 6.28. The van der Waals surface area contributed by atoms with Crippen molar-refractivity contribution in [3.8, 4) is 17.2 Å². The van der Waals surface area contributed by atoms with Gasteiger partial charge < -0.3 is 9.47 Å². The van der Waals surface area contributed by atoms with Gasteiger partial charge in [0, 0.05) is 12.4 Å². The molecule has 0 saturated heterocycles. The lowest BCUT2D eigenvalue weighted by molar-refractivity contribution is 0.101. The van der Waals surface area contributed by atoms with Gasteiger partial charge in [0.15, 0.2) is 10.9 Å². The molecule has 3 aromatic rings. The van der Waals surface area contributed by atoms with Gasteiger partial charge in [-0.25, -0.2) is 9.37 Å². The number of ketones is 1. The number of thioether (sulfide) groups is 1. The first-order chi connectivity index (χ1) is 12.6. The largest absolute Gasteiger partial charge is 0.497 e. The summed E-state index contributed by atoms with van der Waals surface area (Å²) in [6.07, 6.45) is 3.34. The summed E-state index contributed by atoms with van der Waals surface area (Å²) in [5.74, 6) is 0.796. The molecule has 0 N–H and O–H groups in total. The minimum Gasteiger partial charge on any atom is -0.497 e. The van der Waals surface area contributed by atoms with Gasteiger partial charge in [-0.05, 0) is 36.4 Å². The van der Waals surface area contributed by atoms with Crippen molar-refractivity contribution in [3.05, 3.63) is 66.2 Å². The number of benzene rings is 2. The van der Waals surface area contributed by atoms with E-state index in [1.54, 1.807) is 54.4 Å². The number of Topliss-reactive ketones (excluding diaryl/α,β-unsaturated/α-hetero) is 1. The smallest absolute Gasteiger partial charge is 0.177 e. The Morgan fingerprint density at radius 1 is 1.19 bits per heavy atom. The molecule has 3 rings (SSSR count). The molecular formula is C19H17FN2O3S.